The van der Waals surface area contributed by atoms with Gasteiger partial charge in [-0.05, 0) is 25.1 Å². The second-order valence-electron chi connectivity index (χ2n) is 3.29. The van der Waals surface area contributed by atoms with Gasteiger partial charge >= 0.3 is 0 Å². The largest absolute Gasteiger partial charge is 0.324 e. The lowest BCUT2D eigenvalue weighted by Gasteiger charge is -2.09. The molecule has 1 N–H and O–H groups in total. The van der Waals surface area contributed by atoms with Gasteiger partial charge in [-0.2, -0.15) is 0 Å². The number of aryl methyl sites for hydroxylation is 1. The van der Waals surface area contributed by atoms with Gasteiger partial charge in [0.15, 0.2) is 0 Å². The fourth-order valence-corrected chi connectivity index (χ4v) is 2.12. The molecule has 0 aliphatic rings. The van der Waals surface area contributed by atoms with Gasteiger partial charge in [0.1, 0.15) is 0 Å². The van der Waals surface area contributed by atoms with Crippen molar-refractivity contribution in [3.05, 3.63) is 40.1 Å². The van der Waals surface area contributed by atoms with Crippen molar-refractivity contribution in [1.29, 1.82) is 0 Å². The highest BCUT2D eigenvalue weighted by Gasteiger charge is 2.05. The van der Waals surface area contributed by atoms with Crippen LogP contribution in [0, 0.1) is 0 Å². The van der Waals surface area contributed by atoms with Gasteiger partial charge in [-0.3, -0.25) is 0 Å². The average Bonchev–Trinajstić information content (AvgIpc) is 2.69. The smallest absolute Gasteiger partial charge is 0.207 e. The number of hydrogen-bond acceptors (Lipinski definition) is 2. The number of imidazole rings is 1. The molecule has 2 aromatic rings. The molecule has 0 spiro atoms. The number of rotatable bonds is 3. The van der Waals surface area contributed by atoms with Crippen LogP contribution in [0.4, 0.5) is 11.6 Å². The van der Waals surface area contributed by atoms with E-state index in [2.05, 4.69) is 33.2 Å². The predicted molar refractivity (Wildman–Crippen MR) is 70.3 cm³/mol. The first-order chi connectivity index (χ1) is 7.70. The second-order valence-corrected chi connectivity index (χ2v) is 4.61. The highest BCUT2D eigenvalue weighted by molar-refractivity contribution is 9.10. The fraction of sp³-hybridized carbons (Fsp3) is 0.182. The number of hydrogen-bond donors (Lipinski definition) is 1. The zero-order chi connectivity index (χ0) is 11.5. The molecule has 16 heavy (non-hydrogen) atoms. The van der Waals surface area contributed by atoms with Gasteiger partial charge in [0.2, 0.25) is 5.95 Å². The molecule has 0 bridgehead atoms. The Balaban J connectivity index is 2.27. The van der Waals surface area contributed by atoms with Crippen LogP contribution in [-0.2, 0) is 6.54 Å². The molecular weight excluding hydrogens is 289 g/mol. The molecule has 0 atom stereocenters. The SMILES string of the molecule is CCn1ccnc1Nc1ccc(Br)cc1Cl. The summed E-state index contributed by atoms with van der Waals surface area (Å²) in [4.78, 5) is 4.23. The zero-order valence-electron chi connectivity index (χ0n) is 8.74. The minimum absolute atomic E-state index is 0.667. The Morgan fingerprint density at radius 1 is 1.50 bits per heavy atom. The van der Waals surface area contributed by atoms with Crippen LogP contribution in [0.5, 0.6) is 0 Å². The van der Waals surface area contributed by atoms with Gasteiger partial charge in [0, 0.05) is 23.4 Å². The lowest BCUT2D eigenvalue weighted by molar-refractivity contribution is 0.772. The summed E-state index contributed by atoms with van der Waals surface area (Å²) in [7, 11) is 0. The Morgan fingerprint density at radius 3 is 3.00 bits per heavy atom. The van der Waals surface area contributed by atoms with Crippen LogP contribution in [0.25, 0.3) is 0 Å². The van der Waals surface area contributed by atoms with Crippen LogP contribution in [0.3, 0.4) is 0 Å². The van der Waals surface area contributed by atoms with Crippen molar-refractivity contribution in [2.24, 2.45) is 0 Å². The number of anilines is 2. The van der Waals surface area contributed by atoms with Crippen LogP contribution >= 0.6 is 27.5 Å². The van der Waals surface area contributed by atoms with Crippen molar-refractivity contribution in [2.45, 2.75) is 13.5 Å². The Bertz CT molecular complexity index is 496. The van der Waals surface area contributed by atoms with E-state index in [1.165, 1.54) is 0 Å². The minimum Gasteiger partial charge on any atom is -0.324 e. The molecule has 1 aromatic carbocycles. The molecule has 0 radical (unpaired) electrons. The maximum atomic E-state index is 6.11. The number of aromatic nitrogens is 2. The third-order valence-corrected chi connectivity index (χ3v) is 3.04. The van der Waals surface area contributed by atoms with Crippen LogP contribution in [0.2, 0.25) is 5.02 Å². The van der Waals surface area contributed by atoms with Gasteiger partial charge in [-0.25, -0.2) is 4.98 Å². The quantitative estimate of drug-likeness (QED) is 0.926. The minimum atomic E-state index is 0.667. The van der Waals surface area contributed by atoms with Crippen LogP contribution in [0.15, 0.2) is 35.1 Å². The Labute approximate surface area is 108 Å². The highest BCUT2D eigenvalue weighted by atomic mass is 79.9. The Morgan fingerprint density at radius 2 is 2.31 bits per heavy atom. The molecule has 1 heterocycles. The summed E-state index contributed by atoms with van der Waals surface area (Å²) in [6, 6.07) is 5.71. The molecule has 0 saturated heterocycles. The summed E-state index contributed by atoms with van der Waals surface area (Å²) in [6.45, 7) is 2.94. The van der Waals surface area contributed by atoms with Crippen molar-refractivity contribution in [3.8, 4) is 0 Å². The lowest BCUT2D eigenvalue weighted by Crippen LogP contribution is -2.01. The van der Waals surface area contributed by atoms with Gasteiger partial charge < -0.3 is 9.88 Å². The summed E-state index contributed by atoms with van der Waals surface area (Å²) in [5.74, 6) is 0.798. The highest BCUT2D eigenvalue weighted by Crippen LogP contribution is 2.27. The van der Waals surface area contributed by atoms with Crippen LogP contribution < -0.4 is 5.32 Å². The average molecular weight is 301 g/mol. The van der Waals surface area contributed by atoms with Gasteiger partial charge in [0.25, 0.3) is 0 Å². The molecule has 0 aliphatic heterocycles. The summed E-state index contributed by atoms with van der Waals surface area (Å²) in [6.07, 6.45) is 3.69. The standard InChI is InChI=1S/C11H11BrClN3/c1-2-16-6-5-14-11(16)15-10-4-3-8(12)7-9(10)13/h3-7H,2H2,1H3,(H,14,15). The number of nitrogens with one attached hydrogen (secondary N) is 1. The Hall–Kier alpha value is -1.000. The first-order valence-electron chi connectivity index (χ1n) is 4.94. The molecule has 0 fully saturated rings. The van der Waals surface area contributed by atoms with E-state index in [-0.39, 0.29) is 0 Å². The number of benzene rings is 1. The summed E-state index contributed by atoms with van der Waals surface area (Å²) in [5, 5.41) is 3.86. The van der Waals surface area contributed by atoms with Crippen LogP contribution in [-0.4, -0.2) is 9.55 Å². The monoisotopic (exact) mass is 299 g/mol. The van der Waals surface area contributed by atoms with Crippen molar-refractivity contribution in [3.63, 3.8) is 0 Å². The van der Waals surface area contributed by atoms with Crippen molar-refractivity contribution >= 4 is 39.2 Å². The van der Waals surface area contributed by atoms with E-state index in [9.17, 15) is 0 Å². The molecule has 0 saturated carbocycles. The fourth-order valence-electron chi connectivity index (χ4n) is 1.40. The van der Waals surface area contributed by atoms with Crippen molar-refractivity contribution < 1.29 is 0 Å². The first-order valence-corrected chi connectivity index (χ1v) is 6.11. The first kappa shape index (κ1) is 11.5. The summed E-state index contributed by atoms with van der Waals surface area (Å²) < 4.78 is 2.97. The number of halogens is 2. The normalized spacial score (nSPS) is 10.4. The van der Waals surface area contributed by atoms with E-state index in [0.717, 1.165) is 22.7 Å². The molecule has 3 nitrogen and oxygen atoms in total. The van der Waals surface area contributed by atoms with Gasteiger partial charge in [-0.15, -0.1) is 0 Å². The molecule has 0 aliphatic carbocycles. The van der Waals surface area contributed by atoms with Crippen LogP contribution in [0.1, 0.15) is 6.92 Å². The van der Waals surface area contributed by atoms with Gasteiger partial charge in [0.05, 0.1) is 10.7 Å². The molecule has 2 rings (SSSR count). The van der Waals surface area contributed by atoms with E-state index in [0.29, 0.717) is 5.02 Å². The summed E-state index contributed by atoms with van der Waals surface area (Å²) >= 11 is 9.48. The van der Waals surface area contributed by atoms with E-state index in [4.69, 9.17) is 11.6 Å². The van der Waals surface area contributed by atoms with E-state index in [1.54, 1.807) is 6.20 Å². The van der Waals surface area contributed by atoms with E-state index < -0.39 is 0 Å². The van der Waals surface area contributed by atoms with Crippen molar-refractivity contribution in [2.75, 3.05) is 5.32 Å². The zero-order valence-corrected chi connectivity index (χ0v) is 11.1. The van der Waals surface area contributed by atoms with E-state index in [1.807, 2.05) is 29.0 Å². The maximum absolute atomic E-state index is 6.11. The van der Waals surface area contributed by atoms with E-state index >= 15 is 0 Å². The Kier molecular flexibility index (Phi) is 3.51. The molecule has 1 aromatic heterocycles. The molecular formula is C11H11BrClN3. The second kappa shape index (κ2) is 4.89. The molecule has 84 valence electrons. The van der Waals surface area contributed by atoms with Crippen molar-refractivity contribution in [1.82, 2.24) is 9.55 Å². The molecule has 5 heteroatoms. The topological polar surface area (TPSA) is 29.9 Å². The maximum Gasteiger partial charge on any atom is 0.207 e. The third kappa shape index (κ3) is 2.39. The molecule has 0 unspecified atom stereocenters. The summed E-state index contributed by atoms with van der Waals surface area (Å²) in [5.41, 5.74) is 0.853. The predicted octanol–water partition coefficient (Wildman–Crippen LogP) is 4.06. The molecule has 0 amide bonds. The van der Waals surface area contributed by atoms with Gasteiger partial charge in [-0.1, -0.05) is 27.5 Å². The lowest BCUT2D eigenvalue weighted by atomic mass is 10.3. The third-order valence-electron chi connectivity index (χ3n) is 2.23. The number of nitrogens with zero attached hydrogens (tertiary/aromatic N) is 2.